The second kappa shape index (κ2) is 5.26. The zero-order chi connectivity index (χ0) is 13.0. The Labute approximate surface area is 103 Å². The fraction of sp³-hybridized carbons (Fsp3) is 0.273. The fourth-order valence-electron chi connectivity index (χ4n) is 1.40. The summed E-state index contributed by atoms with van der Waals surface area (Å²) in [4.78, 5) is 12.3. The second-order valence-corrected chi connectivity index (χ2v) is 3.51. The van der Waals surface area contributed by atoms with Gasteiger partial charge in [0.2, 0.25) is 5.82 Å². The van der Waals surface area contributed by atoms with E-state index in [2.05, 4.69) is 15.4 Å². The molecule has 0 bridgehead atoms. The van der Waals surface area contributed by atoms with Gasteiger partial charge in [-0.15, -0.1) is 10.2 Å². The highest BCUT2D eigenvalue weighted by Crippen LogP contribution is 2.23. The van der Waals surface area contributed by atoms with Crippen LogP contribution in [0.15, 0.2) is 18.2 Å². The van der Waals surface area contributed by atoms with Gasteiger partial charge in [-0.05, 0) is 23.4 Å². The first-order chi connectivity index (χ1) is 8.72. The summed E-state index contributed by atoms with van der Waals surface area (Å²) >= 11 is 0. The Morgan fingerprint density at radius 3 is 2.89 bits per heavy atom. The van der Waals surface area contributed by atoms with Crippen LogP contribution >= 0.6 is 0 Å². The molecule has 1 aromatic heterocycles. The molecular weight excluding hydrogens is 236 g/mol. The Hall–Kier alpha value is -2.44. The van der Waals surface area contributed by atoms with Crippen LogP contribution in [0.5, 0.6) is 11.5 Å². The molecule has 18 heavy (non-hydrogen) atoms. The average molecular weight is 248 g/mol. The van der Waals surface area contributed by atoms with Gasteiger partial charge in [0.15, 0.2) is 12.9 Å². The van der Waals surface area contributed by atoms with Crippen LogP contribution in [0.1, 0.15) is 16.2 Å². The number of ether oxygens (including phenoxy) is 2. The minimum absolute atomic E-state index is 0.154. The van der Waals surface area contributed by atoms with Gasteiger partial charge in [0.25, 0.3) is 0 Å². The lowest BCUT2D eigenvalue weighted by Gasteiger charge is -2.07. The summed E-state index contributed by atoms with van der Waals surface area (Å²) in [5.41, 5.74) is 0.415. The van der Waals surface area contributed by atoms with E-state index in [9.17, 15) is 4.79 Å². The van der Waals surface area contributed by atoms with Crippen LogP contribution in [0, 0.1) is 0 Å². The zero-order valence-electron chi connectivity index (χ0n) is 10.0. The van der Waals surface area contributed by atoms with Crippen molar-refractivity contribution in [1.82, 2.24) is 20.2 Å². The number of carbonyl (C=O) groups excluding carboxylic acids is 1. The third-order valence-corrected chi connectivity index (χ3v) is 2.25. The molecule has 0 saturated heterocycles. The van der Waals surface area contributed by atoms with Crippen molar-refractivity contribution in [2.75, 3.05) is 7.11 Å². The summed E-state index contributed by atoms with van der Waals surface area (Å²) in [5, 5.41) is 11.4. The van der Waals surface area contributed by atoms with Crippen molar-refractivity contribution in [3.63, 3.8) is 0 Å². The van der Waals surface area contributed by atoms with E-state index in [4.69, 9.17) is 9.47 Å². The summed E-state index contributed by atoms with van der Waals surface area (Å²) in [6.45, 7) is 0.154. The van der Waals surface area contributed by atoms with Gasteiger partial charge in [0, 0.05) is 0 Å². The minimum Gasteiger partial charge on any atom is -0.497 e. The van der Waals surface area contributed by atoms with E-state index in [0.29, 0.717) is 29.2 Å². The Bertz CT molecular complexity index is 553. The molecule has 94 valence electrons. The highest BCUT2D eigenvalue weighted by atomic mass is 16.5. The number of nitrogens with zero attached hydrogens (tertiary/aromatic N) is 4. The van der Waals surface area contributed by atoms with E-state index in [1.54, 1.807) is 25.2 Å². The maximum Gasteiger partial charge on any atom is 0.212 e. The molecule has 2 rings (SSSR count). The number of benzene rings is 1. The van der Waals surface area contributed by atoms with E-state index >= 15 is 0 Å². The summed E-state index contributed by atoms with van der Waals surface area (Å²) in [6.07, 6.45) is 0.710. The highest BCUT2D eigenvalue weighted by Gasteiger charge is 2.07. The molecule has 0 unspecified atom stereocenters. The van der Waals surface area contributed by atoms with Crippen LogP contribution in [-0.2, 0) is 13.7 Å². The minimum atomic E-state index is 0.154. The van der Waals surface area contributed by atoms with E-state index in [1.807, 2.05) is 0 Å². The van der Waals surface area contributed by atoms with Crippen molar-refractivity contribution in [2.24, 2.45) is 7.05 Å². The molecule has 0 N–H and O–H groups in total. The Kier molecular flexibility index (Phi) is 3.52. The van der Waals surface area contributed by atoms with E-state index in [1.165, 1.54) is 11.9 Å². The molecule has 0 atom stereocenters. The largest absolute Gasteiger partial charge is 0.497 e. The third-order valence-electron chi connectivity index (χ3n) is 2.25. The quantitative estimate of drug-likeness (QED) is 0.721. The highest BCUT2D eigenvalue weighted by molar-refractivity contribution is 5.80. The molecule has 0 amide bonds. The molecule has 0 aliphatic carbocycles. The van der Waals surface area contributed by atoms with Crippen LogP contribution in [0.25, 0.3) is 0 Å². The molecule has 0 radical (unpaired) electrons. The van der Waals surface area contributed by atoms with Crippen molar-refractivity contribution in [1.29, 1.82) is 0 Å². The molecular formula is C11H12N4O3. The molecule has 0 fully saturated rings. The number of aromatic nitrogens is 4. The number of carbonyl (C=O) groups is 1. The van der Waals surface area contributed by atoms with Gasteiger partial charge in [0.1, 0.15) is 11.5 Å². The number of tetrazole rings is 1. The molecule has 1 aromatic carbocycles. The number of rotatable bonds is 5. The van der Waals surface area contributed by atoms with Crippen molar-refractivity contribution in [3.05, 3.63) is 29.6 Å². The SMILES string of the molecule is COc1ccc(OCc2nnn(C)n2)c(C=O)c1. The summed E-state index contributed by atoms with van der Waals surface area (Å²) in [6, 6.07) is 4.98. The van der Waals surface area contributed by atoms with E-state index in [-0.39, 0.29) is 6.61 Å². The molecule has 7 nitrogen and oxygen atoms in total. The molecule has 0 aliphatic rings. The smallest absolute Gasteiger partial charge is 0.212 e. The molecule has 0 saturated carbocycles. The van der Waals surface area contributed by atoms with Crippen molar-refractivity contribution >= 4 is 6.29 Å². The average Bonchev–Trinajstić information content (AvgIpc) is 2.82. The van der Waals surface area contributed by atoms with Crippen molar-refractivity contribution < 1.29 is 14.3 Å². The normalized spacial score (nSPS) is 10.1. The molecule has 0 spiro atoms. The molecule has 2 aromatic rings. The first kappa shape index (κ1) is 12.0. The van der Waals surface area contributed by atoms with Crippen LogP contribution in [0.3, 0.4) is 0 Å². The predicted molar refractivity (Wildman–Crippen MR) is 61.5 cm³/mol. The first-order valence-electron chi connectivity index (χ1n) is 5.22. The number of hydrogen-bond acceptors (Lipinski definition) is 6. The second-order valence-electron chi connectivity index (χ2n) is 3.51. The van der Waals surface area contributed by atoms with Gasteiger partial charge in [-0.25, -0.2) is 0 Å². The van der Waals surface area contributed by atoms with Crippen molar-refractivity contribution in [3.8, 4) is 11.5 Å². The lowest BCUT2D eigenvalue weighted by Crippen LogP contribution is -2.01. The van der Waals surface area contributed by atoms with Gasteiger partial charge in [0.05, 0.1) is 19.7 Å². The number of methoxy groups -OCH3 is 1. The summed E-state index contributed by atoms with van der Waals surface area (Å²) in [7, 11) is 3.20. The van der Waals surface area contributed by atoms with Crippen LogP contribution in [0.2, 0.25) is 0 Å². The number of aryl methyl sites for hydroxylation is 1. The summed E-state index contributed by atoms with van der Waals surface area (Å²) < 4.78 is 10.5. The van der Waals surface area contributed by atoms with Crippen LogP contribution in [0.4, 0.5) is 0 Å². The Balaban J connectivity index is 2.11. The van der Waals surface area contributed by atoms with Gasteiger partial charge in [-0.2, -0.15) is 4.80 Å². The maximum absolute atomic E-state index is 10.9. The Morgan fingerprint density at radius 1 is 1.44 bits per heavy atom. The number of aldehydes is 1. The summed E-state index contributed by atoms with van der Waals surface area (Å²) in [5.74, 6) is 1.51. The van der Waals surface area contributed by atoms with Crippen LogP contribution < -0.4 is 9.47 Å². The van der Waals surface area contributed by atoms with Gasteiger partial charge in [-0.3, -0.25) is 4.79 Å². The monoisotopic (exact) mass is 248 g/mol. The lowest BCUT2D eigenvalue weighted by atomic mass is 10.2. The van der Waals surface area contributed by atoms with E-state index in [0.717, 1.165) is 0 Å². The van der Waals surface area contributed by atoms with Crippen LogP contribution in [-0.4, -0.2) is 33.6 Å². The zero-order valence-corrected chi connectivity index (χ0v) is 10.0. The van der Waals surface area contributed by atoms with E-state index < -0.39 is 0 Å². The fourth-order valence-corrected chi connectivity index (χ4v) is 1.40. The first-order valence-corrected chi connectivity index (χ1v) is 5.22. The molecule has 0 aliphatic heterocycles. The van der Waals surface area contributed by atoms with Gasteiger partial charge in [-0.1, -0.05) is 0 Å². The van der Waals surface area contributed by atoms with Gasteiger partial charge >= 0.3 is 0 Å². The predicted octanol–water partition coefficient (Wildman–Crippen LogP) is 0.610. The standard InChI is InChI=1S/C11H12N4O3/c1-15-13-11(12-14-15)7-18-10-4-3-9(17-2)5-8(10)6-16/h3-6H,7H2,1-2H3. The maximum atomic E-state index is 10.9. The molecule has 7 heteroatoms. The van der Waals surface area contributed by atoms with Crippen molar-refractivity contribution in [2.45, 2.75) is 6.61 Å². The topological polar surface area (TPSA) is 79.1 Å². The third kappa shape index (κ3) is 2.62. The lowest BCUT2D eigenvalue weighted by molar-refractivity contribution is 0.111. The number of hydrogen-bond donors (Lipinski definition) is 0. The Morgan fingerprint density at radius 2 is 2.28 bits per heavy atom. The molecule has 1 heterocycles. The van der Waals surface area contributed by atoms with Gasteiger partial charge < -0.3 is 9.47 Å².